The van der Waals surface area contributed by atoms with E-state index in [2.05, 4.69) is 22.6 Å². The summed E-state index contributed by atoms with van der Waals surface area (Å²) >= 11 is 0. The number of hydrazine groups is 1. The number of carbonyl (C=O) groups excluding carboxylic acids is 1. The monoisotopic (exact) mass is 276 g/mol. The Morgan fingerprint density at radius 2 is 2.05 bits per heavy atom. The van der Waals surface area contributed by atoms with E-state index in [0.29, 0.717) is 12.8 Å². The van der Waals surface area contributed by atoms with Gasteiger partial charge in [-0.1, -0.05) is 30.3 Å². The minimum absolute atomic E-state index is 0.0132. The summed E-state index contributed by atoms with van der Waals surface area (Å²) in [7, 11) is 0. The van der Waals surface area contributed by atoms with Crippen molar-refractivity contribution in [3.63, 3.8) is 0 Å². The summed E-state index contributed by atoms with van der Waals surface area (Å²) < 4.78 is 4.88. The molecule has 106 valence electrons. The molecule has 6 heteroatoms. The average Bonchev–Trinajstić information content (AvgIpc) is 2.39. The lowest BCUT2D eigenvalue weighted by Crippen LogP contribution is -2.77. The second-order valence-electron chi connectivity index (χ2n) is 5.37. The zero-order valence-corrected chi connectivity index (χ0v) is 10.9. The first-order valence-corrected chi connectivity index (χ1v) is 6.58. The zero-order valence-electron chi connectivity index (χ0n) is 10.9. The molecule has 1 heterocycles. The van der Waals surface area contributed by atoms with Gasteiger partial charge in [-0.2, -0.15) is 0 Å². The summed E-state index contributed by atoms with van der Waals surface area (Å²) in [5.74, 6) is -2.69. The van der Waals surface area contributed by atoms with Crippen LogP contribution < -0.4 is 5.43 Å². The van der Waals surface area contributed by atoms with Crippen LogP contribution in [0.2, 0.25) is 0 Å². The lowest BCUT2D eigenvalue weighted by Gasteiger charge is -2.60. The van der Waals surface area contributed by atoms with Crippen LogP contribution in [0.15, 0.2) is 30.3 Å². The van der Waals surface area contributed by atoms with Crippen LogP contribution in [-0.2, 0) is 20.9 Å². The van der Waals surface area contributed by atoms with Crippen molar-refractivity contribution in [1.82, 2.24) is 10.4 Å². The molecule has 1 aromatic rings. The van der Waals surface area contributed by atoms with Crippen LogP contribution in [-0.4, -0.2) is 40.2 Å². The van der Waals surface area contributed by atoms with Crippen LogP contribution >= 0.6 is 0 Å². The standard InChI is InChI=1S/C14H16N2O4/c17-12(18)13(19)20-11-6-14(7-11)9-15-16(14)8-10-4-2-1-3-5-10/h1-5,11,15H,6-9H2,(H,17,18). The SMILES string of the molecule is O=C(O)C(=O)OC1CC2(CNN2Cc2ccccc2)C1. The number of nitrogens with zero attached hydrogens (tertiary/aromatic N) is 1. The van der Waals surface area contributed by atoms with Crippen LogP contribution in [0.1, 0.15) is 18.4 Å². The molecule has 0 radical (unpaired) electrons. The molecule has 0 unspecified atom stereocenters. The van der Waals surface area contributed by atoms with Gasteiger partial charge in [-0.15, -0.1) is 0 Å². The number of carboxylic acids is 1. The van der Waals surface area contributed by atoms with Crippen LogP contribution in [0.3, 0.4) is 0 Å². The van der Waals surface area contributed by atoms with Gasteiger partial charge < -0.3 is 9.84 Å². The number of carboxylic acid groups (broad SMARTS) is 1. The first-order valence-electron chi connectivity index (χ1n) is 6.58. The third-order valence-electron chi connectivity index (χ3n) is 4.02. The molecule has 1 aromatic carbocycles. The van der Waals surface area contributed by atoms with Crippen molar-refractivity contribution in [3.8, 4) is 0 Å². The predicted molar refractivity (Wildman–Crippen MR) is 69.5 cm³/mol. The highest BCUT2D eigenvalue weighted by molar-refractivity contribution is 6.28. The van der Waals surface area contributed by atoms with Gasteiger partial charge >= 0.3 is 11.9 Å². The van der Waals surface area contributed by atoms with Crippen LogP contribution in [0.25, 0.3) is 0 Å². The fourth-order valence-corrected chi connectivity index (χ4v) is 2.84. The third kappa shape index (κ3) is 2.28. The van der Waals surface area contributed by atoms with Crippen molar-refractivity contribution in [1.29, 1.82) is 0 Å². The number of hydrogen-bond donors (Lipinski definition) is 2. The lowest BCUT2D eigenvalue weighted by molar-refractivity contribution is -0.197. The molecular weight excluding hydrogens is 260 g/mol. The maximum Gasteiger partial charge on any atom is 0.417 e. The lowest BCUT2D eigenvalue weighted by atomic mass is 9.71. The number of carbonyl (C=O) groups is 2. The third-order valence-corrected chi connectivity index (χ3v) is 4.02. The molecule has 2 aliphatic rings. The Balaban J connectivity index is 1.52. The minimum Gasteiger partial charge on any atom is -0.473 e. The molecule has 1 aliphatic carbocycles. The molecule has 1 aliphatic heterocycles. The molecule has 1 saturated heterocycles. The molecule has 1 spiro atoms. The van der Waals surface area contributed by atoms with Gasteiger partial charge in [0.1, 0.15) is 6.10 Å². The van der Waals surface area contributed by atoms with Crippen molar-refractivity contribution >= 4 is 11.9 Å². The van der Waals surface area contributed by atoms with Crippen molar-refractivity contribution in [2.24, 2.45) is 0 Å². The molecule has 2 fully saturated rings. The Bertz CT molecular complexity index is 525. The second-order valence-corrected chi connectivity index (χ2v) is 5.37. The van der Waals surface area contributed by atoms with Crippen LogP contribution in [0, 0.1) is 0 Å². The second kappa shape index (κ2) is 4.88. The van der Waals surface area contributed by atoms with Gasteiger partial charge in [0.2, 0.25) is 0 Å². The first kappa shape index (κ1) is 13.1. The summed E-state index contributed by atoms with van der Waals surface area (Å²) in [6.45, 7) is 1.64. The minimum atomic E-state index is -1.53. The molecular formula is C14H16N2O4. The largest absolute Gasteiger partial charge is 0.473 e. The molecule has 20 heavy (non-hydrogen) atoms. The molecule has 0 aromatic heterocycles. The Labute approximate surface area is 116 Å². The predicted octanol–water partition coefficient (Wildman–Crippen LogP) is 0.536. The van der Waals surface area contributed by atoms with E-state index < -0.39 is 11.9 Å². The van der Waals surface area contributed by atoms with Gasteiger partial charge in [0.25, 0.3) is 0 Å². The van der Waals surface area contributed by atoms with Gasteiger partial charge in [-0.05, 0) is 5.56 Å². The quantitative estimate of drug-likeness (QED) is 0.619. The van der Waals surface area contributed by atoms with E-state index in [1.165, 1.54) is 5.56 Å². The molecule has 0 atom stereocenters. The van der Waals surface area contributed by atoms with Crippen molar-refractivity contribution in [2.45, 2.75) is 31.0 Å². The molecule has 6 nitrogen and oxygen atoms in total. The highest BCUT2D eigenvalue weighted by Gasteiger charge is 2.55. The fourth-order valence-electron chi connectivity index (χ4n) is 2.84. The Morgan fingerprint density at radius 3 is 2.60 bits per heavy atom. The number of aliphatic carboxylic acids is 1. The first-order chi connectivity index (χ1) is 9.59. The summed E-state index contributed by atoms with van der Waals surface area (Å²) in [4.78, 5) is 21.4. The number of esters is 1. The summed E-state index contributed by atoms with van der Waals surface area (Å²) in [5, 5.41) is 10.6. The van der Waals surface area contributed by atoms with Crippen LogP contribution in [0.4, 0.5) is 0 Å². The summed E-state index contributed by atoms with van der Waals surface area (Å²) in [6.07, 6.45) is 1.09. The Morgan fingerprint density at radius 1 is 1.35 bits per heavy atom. The number of rotatable bonds is 3. The fraction of sp³-hybridized carbons (Fsp3) is 0.429. The zero-order chi connectivity index (χ0) is 14.2. The van der Waals surface area contributed by atoms with E-state index >= 15 is 0 Å². The van der Waals surface area contributed by atoms with E-state index in [4.69, 9.17) is 9.84 Å². The Hall–Kier alpha value is -1.92. The van der Waals surface area contributed by atoms with Gasteiger partial charge in [0.15, 0.2) is 0 Å². The topological polar surface area (TPSA) is 78.9 Å². The molecule has 3 rings (SSSR count). The van der Waals surface area contributed by atoms with Gasteiger partial charge in [-0.3, -0.25) is 5.43 Å². The van der Waals surface area contributed by atoms with Gasteiger partial charge in [0, 0.05) is 25.9 Å². The normalized spacial score (nSPS) is 28.5. The molecule has 2 N–H and O–H groups in total. The molecule has 1 saturated carbocycles. The van der Waals surface area contributed by atoms with E-state index in [-0.39, 0.29) is 11.6 Å². The maximum absolute atomic E-state index is 11.0. The van der Waals surface area contributed by atoms with E-state index in [1.54, 1.807) is 0 Å². The van der Waals surface area contributed by atoms with Crippen LogP contribution in [0.5, 0.6) is 0 Å². The summed E-state index contributed by atoms with van der Waals surface area (Å²) in [6, 6.07) is 10.1. The molecule has 0 bridgehead atoms. The number of hydrogen-bond acceptors (Lipinski definition) is 5. The smallest absolute Gasteiger partial charge is 0.417 e. The van der Waals surface area contributed by atoms with Gasteiger partial charge in [-0.25, -0.2) is 14.6 Å². The van der Waals surface area contributed by atoms with Gasteiger partial charge in [0.05, 0.1) is 5.54 Å². The number of benzene rings is 1. The number of ether oxygens (including phenoxy) is 1. The van der Waals surface area contributed by atoms with Crippen molar-refractivity contribution in [2.75, 3.05) is 6.54 Å². The van der Waals surface area contributed by atoms with E-state index in [0.717, 1.165) is 13.1 Å². The summed E-state index contributed by atoms with van der Waals surface area (Å²) in [5.41, 5.74) is 4.49. The highest BCUT2D eigenvalue weighted by atomic mass is 16.6. The molecule has 0 amide bonds. The average molecular weight is 276 g/mol. The number of nitrogens with one attached hydrogen (secondary N) is 1. The van der Waals surface area contributed by atoms with Crippen molar-refractivity contribution in [3.05, 3.63) is 35.9 Å². The van der Waals surface area contributed by atoms with E-state index in [9.17, 15) is 9.59 Å². The van der Waals surface area contributed by atoms with E-state index in [1.807, 2.05) is 18.2 Å². The highest BCUT2D eigenvalue weighted by Crippen LogP contribution is 2.43. The maximum atomic E-state index is 11.0. The Kier molecular flexibility index (Phi) is 3.19. The van der Waals surface area contributed by atoms with Crippen molar-refractivity contribution < 1.29 is 19.4 Å².